The summed E-state index contributed by atoms with van der Waals surface area (Å²) in [5.41, 5.74) is 0.805. The minimum atomic E-state index is 0.651. The molecule has 0 saturated heterocycles. The van der Waals surface area contributed by atoms with Gasteiger partial charge in [0.05, 0.1) is 23.5 Å². The van der Waals surface area contributed by atoms with Gasteiger partial charge in [-0.05, 0) is 19.8 Å². The van der Waals surface area contributed by atoms with E-state index in [2.05, 4.69) is 20.6 Å². The molecule has 1 N–H and O–H groups in total. The van der Waals surface area contributed by atoms with Crippen LogP contribution in [0.1, 0.15) is 23.5 Å². The molecule has 0 aliphatic heterocycles. The van der Waals surface area contributed by atoms with Crippen molar-refractivity contribution in [3.63, 3.8) is 0 Å². The predicted molar refractivity (Wildman–Crippen MR) is 66.6 cm³/mol. The number of hydrogen-bond acceptors (Lipinski definition) is 5. The second-order valence-electron chi connectivity index (χ2n) is 4.14. The van der Waals surface area contributed by atoms with Crippen LogP contribution in [0.15, 0.2) is 6.20 Å². The van der Waals surface area contributed by atoms with Crippen molar-refractivity contribution < 1.29 is 0 Å². The summed E-state index contributed by atoms with van der Waals surface area (Å²) in [7, 11) is 0. The molecule has 17 heavy (non-hydrogen) atoms. The van der Waals surface area contributed by atoms with Gasteiger partial charge in [-0.3, -0.25) is 0 Å². The van der Waals surface area contributed by atoms with Crippen molar-refractivity contribution >= 4 is 22.9 Å². The van der Waals surface area contributed by atoms with Crippen molar-refractivity contribution in [2.24, 2.45) is 0 Å². The third-order valence-corrected chi connectivity index (χ3v) is 3.89. The Morgan fingerprint density at radius 2 is 2.35 bits per heavy atom. The van der Waals surface area contributed by atoms with E-state index in [0.29, 0.717) is 11.1 Å². The molecule has 1 aliphatic carbocycles. The number of aromatic nitrogens is 4. The van der Waals surface area contributed by atoms with Crippen LogP contribution in [0.2, 0.25) is 5.02 Å². The molecular formula is C10H12ClN5S. The van der Waals surface area contributed by atoms with Crippen LogP contribution in [0.3, 0.4) is 0 Å². The van der Waals surface area contributed by atoms with Crippen LogP contribution >= 0.6 is 22.9 Å². The van der Waals surface area contributed by atoms with E-state index in [1.165, 1.54) is 24.2 Å². The van der Waals surface area contributed by atoms with Gasteiger partial charge in [0.2, 0.25) is 5.13 Å². The second kappa shape index (κ2) is 4.36. The van der Waals surface area contributed by atoms with E-state index in [9.17, 15) is 0 Å². The first kappa shape index (κ1) is 11.1. The molecule has 7 heteroatoms. The first-order valence-electron chi connectivity index (χ1n) is 5.50. The summed E-state index contributed by atoms with van der Waals surface area (Å²) in [6, 6.07) is 0.684. The maximum absolute atomic E-state index is 5.96. The lowest BCUT2D eigenvalue weighted by molar-refractivity contribution is 0.678. The molecule has 3 rings (SSSR count). The van der Waals surface area contributed by atoms with Crippen LogP contribution in [0.25, 0.3) is 5.13 Å². The maximum atomic E-state index is 5.96. The van der Waals surface area contributed by atoms with Crippen molar-refractivity contribution in [3.8, 4) is 5.13 Å². The fourth-order valence-corrected chi connectivity index (χ4v) is 2.31. The molecular weight excluding hydrogens is 258 g/mol. The van der Waals surface area contributed by atoms with Gasteiger partial charge in [0.1, 0.15) is 5.01 Å². The fourth-order valence-electron chi connectivity index (χ4n) is 1.46. The summed E-state index contributed by atoms with van der Waals surface area (Å²) in [5.74, 6) is 0. The smallest absolute Gasteiger partial charge is 0.232 e. The van der Waals surface area contributed by atoms with Crippen LogP contribution in [-0.2, 0) is 6.54 Å². The van der Waals surface area contributed by atoms with Crippen molar-refractivity contribution in [1.29, 1.82) is 0 Å². The van der Waals surface area contributed by atoms with Crippen LogP contribution in [0, 0.1) is 6.92 Å². The van der Waals surface area contributed by atoms with Gasteiger partial charge in [0.15, 0.2) is 0 Å². The molecule has 1 fully saturated rings. The van der Waals surface area contributed by atoms with Gasteiger partial charge < -0.3 is 5.32 Å². The zero-order valence-electron chi connectivity index (χ0n) is 9.35. The number of hydrogen-bond donors (Lipinski definition) is 1. The van der Waals surface area contributed by atoms with E-state index < -0.39 is 0 Å². The molecule has 2 aromatic heterocycles. The molecule has 0 unspecified atom stereocenters. The summed E-state index contributed by atoms with van der Waals surface area (Å²) in [4.78, 5) is 0. The topological polar surface area (TPSA) is 55.6 Å². The molecule has 0 spiro atoms. The zero-order chi connectivity index (χ0) is 11.8. The van der Waals surface area contributed by atoms with Crippen molar-refractivity contribution in [2.45, 2.75) is 32.4 Å². The van der Waals surface area contributed by atoms with Gasteiger partial charge in [-0.25, -0.2) is 4.68 Å². The van der Waals surface area contributed by atoms with Crippen LogP contribution in [0.5, 0.6) is 0 Å². The number of nitrogens with zero attached hydrogens (tertiary/aromatic N) is 4. The Morgan fingerprint density at radius 3 is 3.00 bits per heavy atom. The zero-order valence-corrected chi connectivity index (χ0v) is 10.9. The number of nitrogens with one attached hydrogen (secondary N) is 1. The lowest BCUT2D eigenvalue weighted by atomic mass is 10.5. The Morgan fingerprint density at radius 1 is 1.53 bits per heavy atom. The summed E-state index contributed by atoms with van der Waals surface area (Å²) >= 11 is 7.49. The van der Waals surface area contributed by atoms with Gasteiger partial charge in [0, 0.05) is 6.04 Å². The Balaban J connectivity index is 1.74. The molecule has 0 radical (unpaired) electrons. The standard InChI is InChI=1S/C10H12ClN5S/c1-6-8(11)5-16(15-6)10-14-13-9(17-10)4-12-7-2-3-7/h5,7,12H,2-4H2,1H3. The predicted octanol–water partition coefficient (Wildman–Crippen LogP) is 1.94. The van der Waals surface area contributed by atoms with Gasteiger partial charge in [0.25, 0.3) is 0 Å². The number of rotatable bonds is 4. The highest BCUT2D eigenvalue weighted by atomic mass is 35.5. The van der Waals surface area contributed by atoms with Crippen LogP contribution in [0.4, 0.5) is 0 Å². The molecule has 2 heterocycles. The van der Waals surface area contributed by atoms with E-state index >= 15 is 0 Å². The molecule has 0 amide bonds. The third kappa shape index (κ3) is 2.48. The third-order valence-electron chi connectivity index (χ3n) is 2.61. The van der Waals surface area contributed by atoms with E-state index in [-0.39, 0.29) is 0 Å². The summed E-state index contributed by atoms with van der Waals surface area (Å²) < 4.78 is 1.68. The molecule has 0 aromatic carbocycles. The van der Waals surface area contributed by atoms with Crippen molar-refractivity contribution in [1.82, 2.24) is 25.3 Å². The monoisotopic (exact) mass is 269 g/mol. The SMILES string of the molecule is Cc1nn(-c2nnc(CNC3CC3)s2)cc1Cl. The number of halogens is 1. The quantitative estimate of drug-likeness (QED) is 0.922. The van der Waals surface area contributed by atoms with Crippen LogP contribution in [-0.4, -0.2) is 26.0 Å². The van der Waals surface area contributed by atoms with E-state index in [1.54, 1.807) is 10.9 Å². The lowest BCUT2D eigenvalue weighted by Crippen LogP contribution is -2.14. The highest BCUT2D eigenvalue weighted by Crippen LogP contribution is 2.21. The summed E-state index contributed by atoms with van der Waals surface area (Å²) in [5, 5.41) is 18.3. The highest BCUT2D eigenvalue weighted by Gasteiger charge is 2.20. The highest BCUT2D eigenvalue weighted by molar-refractivity contribution is 7.13. The Bertz CT molecular complexity index is 511. The Labute approximate surface area is 108 Å². The second-order valence-corrected chi connectivity index (χ2v) is 5.59. The number of aryl methyl sites for hydroxylation is 1. The molecule has 0 bridgehead atoms. The van der Waals surface area contributed by atoms with Gasteiger partial charge in [-0.1, -0.05) is 22.9 Å². The van der Waals surface area contributed by atoms with Crippen molar-refractivity contribution in [3.05, 3.63) is 21.9 Å². The maximum Gasteiger partial charge on any atom is 0.232 e. The molecule has 0 atom stereocenters. The molecule has 1 saturated carbocycles. The van der Waals surface area contributed by atoms with E-state index in [0.717, 1.165) is 22.4 Å². The van der Waals surface area contributed by atoms with E-state index in [4.69, 9.17) is 11.6 Å². The summed E-state index contributed by atoms with van der Waals surface area (Å²) in [6.07, 6.45) is 4.31. The first-order valence-corrected chi connectivity index (χ1v) is 6.70. The minimum absolute atomic E-state index is 0.651. The van der Waals surface area contributed by atoms with Gasteiger partial charge in [-0.15, -0.1) is 10.2 Å². The lowest BCUT2D eigenvalue weighted by Gasteiger charge is -1.95. The molecule has 90 valence electrons. The Kier molecular flexibility index (Phi) is 2.85. The average molecular weight is 270 g/mol. The van der Waals surface area contributed by atoms with Gasteiger partial charge in [-0.2, -0.15) is 5.10 Å². The van der Waals surface area contributed by atoms with Crippen molar-refractivity contribution in [2.75, 3.05) is 0 Å². The summed E-state index contributed by atoms with van der Waals surface area (Å²) in [6.45, 7) is 2.66. The largest absolute Gasteiger partial charge is 0.308 e. The average Bonchev–Trinajstić information content (AvgIpc) is 2.92. The van der Waals surface area contributed by atoms with E-state index in [1.807, 2.05) is 6.92 Å². The molecule has 5 nitrogen and oxygen atoms in total. The molecule has 1 aliphatic rings. The fraction of sp³-hybridized carbons (Fsp3) is 0.500. The van der Waals surface area contributed by atoms with Gasteiger partial charge >= 0.3 is 0 Å². The molecule has 2 aromatic rings. The normalized spacial score (nSPS) is 15.4. The first-order chi connectivity index (χ1) is 8.22. The van der Waals surface area contributed by atoms with Crippen LogP contribution < -0.4 is 5.32 Å². The Hall–Kier alpha value is -0.980. The minimum Gasteiger partial charge on any atom is -0.308 e.